The van der Waals surface area contributed by atoms with E-state index in [9.17, 15) is 9.90 Å². The van der Waals surface area contributed by atoms with Crippen LogP contribution in [-0.4, -0.2) is 35.1 Å². The third kappa shape index (κ3) is 2.22. The van der Waals surface area contributed by atoms with Crippen LogP contribution in [0, 0.1) is 0 Å². The molecule has 0 spiro atoms. The molecule has 98 valence electrons. The summed E-state index contributed by atoms with van der Waals surface area (Å²) in [6.07, 6.45) is 1.88. The Bertz CT molecular complexity index is 608. The zero-order valence-electron chi connectivity index (χ0n) is 10.7. The Kier molecular flexibility index (Phi) is 3.22. The third-order valence-electron chi connectivity index (χ3n) is 3.85. The van der Waals surface area contributed by atoms with Crippen molar-refractivity contribution in [2.75, 3.05) is 13.2 Å². The number of aliphatic hydroxyl groups is 1. The second-order valence-electron chi connectivity index (χ2n) is 5.04. The van der Waals surface area contributed by atoms with Gasteiger partial charge in [-0.1, -0.05) is 30.3 Å². The standard InChI is InChI=1S/C16H17NO2/c18-11-15-6-3-9-17(15)16(19)14-8-7-12-4-1-2-5-13(12)10-14/h1-2,4-5,7-8,10,15,18H,3,6,9,11H2. The molecule has 1 N–H and O–H groups in total. The Hall–Kier alpha value is -1.87. The largest absolute Gasteiger partial charge is 0.394 e. The van der Waals surface area contributed by atoms with E-state index in [0.29, 0.717) is 5.56 Å². The molecule has 2 aromatic carbocycles. The molecule has 0 aromatic heterocycles. The Morgan fingerprint density at radius 1 is 1.21 bits per heavy atom. The second-order valence-corrected chi connectivity index (χ2v) is 5.04. The number of benzene rings is 2. The molecule has 3 rings (SSSR count). The number of fused-ring (bicyclic) bond motifs is 1. The van der Waals surface area contributed by atoms with Gasteiger partial charge in [-0.25, -0.2) is 0 Å². The normalized spacial score (nSPS) is 19.0. The van der Waals surface area contributed by atoms with Gasteiger partial charge in [-0.3, -0.25) is 4.79 Å². The minimum atomic E-state index is -0.0148. The van der Waals surface area contributed by atoms with E-state index in [1.54, 1.807) is 4.90 Å². The van der Waals surface area contributed by atoms with Crippen LogP contribution in [0.15, 0.2) is 42.5 Å². The van der Waals surface area contributed by atoms with Gasteiger partial charge in [0, 0.05) is 12.1 Å². The summed E-state index contributed by atoms with van der Waals surface area (Å²) in [6, 6.07) is 13.8. The van der Waals surface area contributed by atoms with Gasteiger partial charge in [0.15, 0.2) is 0 Å². The van der Waals surface area contributed by atoms with Crippen LogP contribution in [0.4, 0.5) is 0 Å². The minimum absolute atomic E-state index is 0.0148. The zero-order chi connectivity index (χ0) is 13.2. The fourth-order valence-electron chi connectivity index (χ4n) is 2.78. The molecule has 0 bridgehead atoms. The lowest BCUT2D eigenvalue weighted by atomic mass is 10.1. The average Bonchev–Trinajstić information content (AvgIpc) is 2.94. The highest BCUT2D eigenvalue weighted by atomic mass is 16.3. The zero-order valence-corrected chi connectivity index (χ0v) is 10.7. The maximum absolute atomic E-state index is 12.5. The Labute approximate surface area is 112 Å². The van der Waals surface area contributed by atoms with Crippen molar-refractivity contribution in [2.24, 2.45) is 0 Å². The van der Waals surface area contributed by atoms with E-state index in [0.717, 1.165) is 30.2 Å². The van der Waals surface area contributed by atoms with E-state index in [1.807, 2.05) is 42.5 Å². The molecule has 1 saturated heterocycles. The number of rotatable bonds is 2. The molecule has 1 amide bonds. The third-order valence-corrected chi connectivity index (χ3v) is 3.85. The number of carbonyl (C=O) groups is 1. The van der Waals surface area contributed by atoms with E-state index < -0.39 is 0 Å². The molecular formula is C16H17NO2. The highest BCUT2D eigenvalue weighted by Crippen LogP contribution is 2.22. The molecule has 0 radical (unpaired) electrons. The first-order valence-electron chi connectivity index (χ1n) is 6.70. The molecule has 2 aromatic rings. The Morgan fingerprint density at radius 3 is 2.79 bits per heavy atom. The number of hydrogen-bond acceptors (Lipinski definition) is 2. The van der Waals surface area contributed by atoms with Gasteiger partial charge in [0.25, 0.3) is 5.91 Å². The minimum Gasteiger partial charge on any atom is -0.394 e. The molecule has 3 heteroatoms. The van der Waals surface area contributed by atoms with E-state index in [1.165, 1.54) is 0 Å². The first kappa shape index (κ1) is 12.2. The van der Waals surface area contributed by atoms with Crippen LogP contribution in [-0.2, 0) is 0 Å². The summed E-state index contributed by atoms with van der Waals surface area (Å²) in [5.74, 6) is 0.0299. The number of nitrogens with zero attached hydrogens (tertiary/aromatic N) is 1. The van der Waals surface area contributed by atoms with Crippen LogP contribution < -0.4 is 0 Å². The predicted molar refractivity (Wildman–Crippen MR) is 75.1 cm³/mol. The van der Waals surface area contributed by atoms with Crippen molar-refractivity contribution in [2.45, 2.75) is 18.9 Å². The smallest absolute Gasteiger partial charge is 0.254 e. The van der Waals surface area contributed by atoms with Crippen molar-refractivity contribution in [1.29, 1.82) is 0 Å². The fraction of sp³-hybridized carbons (Fsp3) is 0.312. The summed E-state index contributed by atoms with van der Waals surface area (Å²) in [7, 11) is 0. The van der Waals surface area contributed by atoms with Crippen LogP contribution in [0.25, 0.3) is 10.8 Å². The fourth-order valence-corrected chi connectivity index (χ4v) is 2.78. The summed E-state index contributed by atoms with van der Waals surface area (Å²) in [6.45, 7) is 0.802. The van der Waals surface area contributed by atoms with Gasteiger partial charge in [0.1, 0.15) is 0 Å². The van der Waals surface area contributed by atoms with Crippen molar-refractivity contribution in [3.63, 3.8) is 0 Å². The van der Waals surface area contributed by atoms with E-state index in [2.05, 4.69) is 0 Å². The van der Waals surface area contributed by atoms with Crippen molar-refractivity contribution in [3.8, 4) is 0 Å². The van der Waals surface area contributed by atoms with Gasteiger partial charge in [-0.15, -0.1) is 0 Å². The summed E-state index contributed by atoms with van der Waals surface area (Å²) >= 11 is 0. The van der Waals surface area contributed by atoms with Gasteiger partial charge in [0.2, 0.25) is 0 Å². The van der Waals surface area contributed by atoms with Gasteiger partial charge in [-0.05, 0) is 35.7 Å². The van der Waals surface area contributed by atoms with Crippen LogP contribution in [0.5, 0.6) is 0 Å². The van der Waals surface area contributed by atoms with Gasteiger partial charge >= 0.3 is 0 Å². The lowest BCUT2D eigenvalue weighted by Gasteiger charge is -2.23. The van der Waals surface area contributed by atoms with Crippen LogP contribution in [0.2, 0.25) is 0 Å². The SMILES string of the molecule is O=C(c1ccc2ccccc2c1)N1CCCC1CO. The lowest BCUT2D eigenvalue weighted by Crippen LogP contribution is -2.37. The molecule has 1 unspecified atom stereocenters. The maximum atomic E-state index is 12.5. The Morgan fingerprint density at radius 2 is 2.00 bits per heavy atom. The number of likely N-dealkylation sites (tertiary alicyclic amines) is 1. The van der Waals surface area contributed by atoms with E-state index in [4.69, 9.17) is 0 Å². The molecule has 3 nitrogen and oxygen atoms in total. The topological polar surface area (TPSA) is 40.5 Å². The summed E-state index contributed by atoms with van der Waals surface area (Å²) in [5.41, 5.74) is 0.707. The van der Waals surface area contributed by atoms with Crippen molar-refractivity contribution in [1.82, 2.24) is 4.90 Å². The highest BCUT2D eigenvalue weighted by molar-refractivity contribution is 5.98. The predicted octanol–water partition coefficient (Wildman–Crippen LogP) is 2.44. The van der Waals surface area contributed by atoms with E-state index in [-0.39, 0.29) is 18.6 Å². The van der Waals surface area contributed by atoms with Gasteiger partial charge in [0.05, 0.1) is 12.6 Å². The van der Waals surface area contributed by atoms with Crippen LogP contribution in [0.1, 0.15) is 23.2 Å². The molecule has 1 atom stereocenters. The summed E-state index contributed by atoms with van der Waals surface area (Å²) in [5, 5.41) is 11.5. The Balaban J connectivity index is 1.93. The summed E-state index contributed by atoms with van der Waals surface area (Å²) in [4.78, 5) is 14.3. The van der Waals surface area contributed by atoms with E-state index >= 15 is 0 Å². The number of hydrogen-bond donors (Lipinski definition) is 1. The monoisotopic (exact) mass is 255 g/mol. The first-order valence-corrected chi connectivity index (χ1v) is 6.70. The molecule has 1 heterocycles. The van der Waals surface area contributed by atoms with Gasteiger partial charge < -0.3 is 10.0 Å². The lowest BCUT2D eigenvalue weighted by molar-refractivity contribution is 0.0678. The van der Waals surface area contributed by atoms with Crippen molar-refractivity contribution < 1.29 is 9.90 Å². The van der Waals surface area contributed by atoms with Crippen molar-refractivity contribution in [3.05, 3.63) is 48.0 Å². The molecule has 1 fully saturated rings. The highest BCUT2D eigenvalue weighted by Gasteiger charge is 2.28. The molecule has 19 heavy (non-hydrogen) atoms. The number of amides is 1. The maximum Gasteiger partial charge on any atom is 0.254 e. The van der Waals surface area contributed by atoms with Gasteiger partial charge in [-0.2, -0.15) is 0 Å². The average molecular weight is 255 g/mol. The molecule has 1 aliphatic heterocycles. The number of aliphatic hydroxyl groups excluding tert-OH is 1. The van der Waals surface area contributed by atoms with Crippen LogP contribution in [0.3, 0.4) is 0 Å². The quantitative estimate of drug-likeness (QED) is 0.895. The molecule has 0 saturated carbocycles. The molecular weight excluding hydrogens is 238 g/mol. The van der Waals surface area contributed by atoms with Crippen molar-refractivity contribution >= 4 is 16.7 Å². The first-order chi connectivity index (χ1) is 9.29. The molecule has 1 aliphatic rings. The second kappa shape index (κ2) is 5.02. The van der Waals surface area contributed by atoms with Crippen LogP contribution >= 0.6 is 0 Å². The number of carbonyl (C=O) groups excluding carboxylic acids is 1. The summed E-state index contributed by atoms with van der Waals surface area (Å²) < 4.78 is 0. The molecule has 0 aliphatic carbocycles.